The van der Waals surface area contributed by atoms with Gasteiger partial charge in [0.05, 0.1) is 6.61 Å². The second-order valence-electron chi connectivity index (χ2n) is 5.44. The number of nitrogens with two attached hydrogens (primary N) is 1. The number of benzene rings is 1. The Labute approximate surface area is 113 Å². The molecule has 0 spiro atoms. The van der Waals surface area contributed by atoms with Crippen LogP contribution in [0.3, 0.4) is 0 Å². The molecule has 1 fully saturated rings. The number of anilines is 1. The summed E-state index contributed by atoms with van der Waals surface area (Å²) in [5, 5.41) is 3.03. The van der Waals surface area contributed by atoms with Crippen LogP contribution >= 0.6 is 0 Å². The SMILES string of the molecule is NCC1CCCC1C(=O)Nc1ccc2c(c1)CCO2. The van der Waals surface area contributed by atoms with Crippen molar-refractivity contribution in [3.8, 4) is 5.75 Å². The molecule has 2 aliphatic rings. The minimum atomic E-state index is 0.0782. The molecule has 1 aromatic rings. The van der Waals surface area contributed by atoms with Gasteiger partial charge in [0.15, 0.2) is 0 Å². The molecule has 3 N–H and O–H groups in total. The molecular formula is C15H20N2O2. The first-order valence-corrected chi connectivity index (χ1v) is 7.04. The van der Waals surface area contributed by atoms with Gasteiger partial charge in [-0.2, -0.15) is 0 Å². The van der Waals surface area contributed by atoms with Crippen molar-refractivity contribution >= 4 is 11.6 Å². The number of carbonyl (C=O) groups is 1. The molecule has 102 valence electrons. The van der Waals surface area contributed by atoms with E-state index in [0.717, 1.165) is 43.7 Å². The summed E-state index contributed by atoms with van der Waals surface area (Å²) in [5.74, 6) is 1.48. The molecule has 2 unspecified atom stereocenters. The van der Waals surface area contributed by atoms with E-state index in [2.05, 4.69) is 5.32 Å². The molecule has 1 amide bonds. The van der Waals surface area contributed by atoms with E-state index in [9.17, 15) is 4.79 Å². The highest BCUT2D eigenvalue weighted by Crippen LogP contribution is 2.33. The molecule has 4 nitrogen and oxygen atoms in total. The zero-order chi connectivity index (χ0) is 13.2. The minimum Gasteiger partial charge on any atom is -0.493 e. The number of amides is 1. The van der Waals surface area contributed by atoms with Gasteiger partial charge in [-0.15, -0.1) is 0 Å². The van der Waals surface area contributed by atoms with E-state index < -0.39 is 0 Å². The summed E-state index contributed by atoms with van der Waals surface area (Å²) in [6.45, 7) is 1.35. The van der Waals surface area contributed by atoms with Gasteiger partial charge in [0.25, 0.3) is 0 Å². The Hall–Kier alpha value is -1.55. The van der Waals surface area contributed by atoms with Crippen molar-refractivity contribution in [3.63, 3.8) is 0 Å². The first kappa shape index (κ1) is 12.5. The number of carbonyl (C=O) groups excluding carboxylic acids is 1. The van der Waals surface area contributed by atoms with Crippen molar-refractivity contribution in [2.24, 2.45) is 17.6 Å². The second-order valence-corrected chi connectivity index (χ2v) is 5.44. The number of hydrogen-bond donors (Lipinski definition) is 2. The van der Waals surface area contributed by atoms with E-state index >= 15 is 0 Å². The number of nitrogens with one attached hydrogen (secondary N) is 1. The van der Waals surface area contributed by atoms with Crippen molar-refractivity contribution < 1.29 is 9.53 Å². The predicted molar refractivity (Wildman–Crippen MR) is 74.2 cm³/mol. The fraction of sp³-hybridized carbons (Fsp3) is 0.533. The van der Waals surface area contributed by atoms with Crippen molar-refractivity contribution in [1.82, 2.24) is 0 Å². The first-order chi connectivity index (χ1) is 9.28. The van der Waals surface area contributed by atoms with Gasteiger partial charge in [-0.3, -0.25) is 4.79 Å². The highest BCUT2D eigenvalue weighted by molar-refractivity contribution is 5.93. The predicted octanol–water partition coefficient (Wildman–Crippen LogP) is 1.93. The van der Waals surface area contributed by atoms with E-state index in [0.29, 0.717) is 12.5 Å². The van der Waals surface area contributed by atoms with Crippen LogP contribution in [0.2, 0.25) is 0 Å². The summed E-state index contributed by atoms with van der Waals surface area (Å²) in [6, 6.07) is 5.87. The second kappa shape index (κ2) is 5.21. The van der Waals surface area contributed by atoms with Crippen molar-refractivity contribution in [3.05, 3.63) is 23.8 Å². The third-order valence-corrected chi connectivity index (χ3v) is 4.26. The van der Waals surface area contributed by atoms with Crippen molar-refractivity contribution in [2.75, 3.05) is 18.5 Å². The monoisotopic (exact) mass is 260 g/mol. The highest BCUT2D eigenvalue weighted by atomic mass is 16.5. The molecule has 2 atom stereocenters. The van der Waals surface area contributed by atoms with Crippen molar-refractivity contribution in [1.29, 1.82) is 0 Å². The van der Waals surface area contributed by atoms with Crippen LogP contribution in [0, 0.1) is 11.8 Å². The molecule has 1 aromatic carbocycles. The number of ether oxygens (including phenoxy) is 1. The number of rotatable bonds is 3. The molecule has 19 heavy (non-hydrogen) atoms. The molecular weight excluding hydrogens is 240 g/mol. The van der Waals surface area contributed by atoms with Gasteiger partial charge in [0.1, 0.15) is 5.75 Å². The maximum Gasteiger partial charge on any atom is 0.227 e. The van der Waals surface area contributed by atoms with Crippen LogP contribution in [0.1, 0.15) is 24.8 Å². The molecule has 4 heteroatoms. The number of hydrogen-bond acceptors (Lipinski definition) is 3. The van der Waals surface area contributed by atoms with Crippen LogP contribution in [0.25, 0.3) is 0 Å². The molecule has 0 bridgehead atoms. The average molecular weight is 260 g/mol. The lowest BCUT2D eigenvalue weighted by molar-refractivity contribution is -0.120. The smallest absolute Gasteiger partial charge is 0.227 e. The van der Waals surface area contributed by atoms with Crippen LogP contribution < -0.4 is 15.8 Å². The molecule has 3 rings (SSSR count). The third-order valence-electron chi connectivity index (χ3n) is 4.26. The summed E-state index contributed by atoms with van der Waals surface area (Å²) in [5.41, 5.74) is 7.78. The van der Waals surface area contributed by atoms with E-state index in [4.69, 9.17) is 10.5 Å². The Bertz CT molecular complexity index is 487. The average Bonchev–Trinajstić information content (AvgIpc) is 3.06. The zero-order valence-corrected chi connectivity index (χ0v) is 11.0. The summed E-state index contributed by atoms with van der Waals surface area (Å²) in [6.07, 6.45) is 4.07. The molecule has 1 saturated carbocycles. The third kappa shape index (κ3) is 2.45. The van der Waals surface area contributed by atoms with Crippen LogP contribution in [0.15, 0.2) is 18.2 Å². The molecule has 1 heterocycles. The van der Waals surface area contributed by atoms with Gasteiger partial charge in [0.2, 0.25) is 5.91 Å². The first-order valence-electron chi connectivity index (χ1n) is 7.04. The van der Waals surface area contributed by atoms with E-state index in [1.165, 1.54) is 5.56 Å². The maximum atomic E-state index is 12.3. The normalized spacial score (nSPS) is 24.9. The fourth-order valence-electron chi connectivity index (χ4n) is 3.16. The Balaban J connectivity index is 1.69. The van der Waals surface area contributed by atoms with Gasteiger partial charge >= 0.3 is 0 Å². The maximum absolute atomic E-state index is 12.3. The largest absolute Gasteiger partial charge is 0.493 e. The summed E-state index contributed by atoms with van der Waals surface area (Å²) < 4.78 is 5.46. The standard InChI is InChI=1S/C15H20N2O2/c16-9-11-2-1-3-13(11)15(18)17-12-4-5-14-10(8-12)6-7-19-14/h4-5,8,11,13H,1-3,6-7,9,16H2,(H,17,18). The summed E-state index contributed by atoms with van der Waals surface area (Å²) in [4.78, 5) is 12.3. The number of fused-ring (bicyclic) bond motifs is 1. The van der Waals surface area contributed by atoms with E-state index in [-0.39, 0.29) is 11.8 Å². The minimum absolute atomic E-state index is 0.0782. The topological polar surface area (TPSA) is 64.4 Å². The highest BCUT2D eigenvalue weighted by Gasteiger charge is 2.32. The van der Waals surface area contributed by atoms with Gasteiger partial charge in [-0.1, -0.05) is 6.42 Å². The Morgan fingerprint density at radius 2 is 2.32 bits per heavy atom. The Morgan fingerprint density at radius 3 is 3.16 bits per heavy atom. The summed E-state index contributed by atoms with van der Waals surface area (Å²) >= 11 is 0. The molecule has 0 radical (unpaired) electrons. The van der Waals surface area contributed by atoms with E-state index in [1.807, 2.05) is 18.2 Å². The fourth-order valence-corrected chi connectivity index (χ4v) is 3.16. The van der Waals surface area contributed by atoms with Gasteiger partial charge in [-0.05, 0) is 49.1 Å². The van der Waals surface area contributed by atoms with Gasteiger partial charge < -0.3 is 15.8 Å². The van der Waals surface area contributed by atoms with Crippen LogP contribution in [0.5, 0.6) is 5.75 Å². The lowest BCUT2D eigenvalue weighted by atomic mass is 9.95. The molecule has 1 aliphatic carbocycles. The zero-order valence-electron chi connectivity index (χ0n) is 11.0. The lowest BCUT2D eigenvalue weighted by Gasteiger charge is -2.17. The lowest BCUT2D eigenvalue weighted by Crippen LogP contribution is -2.29. The molecule has 0 aromatic heterocycles. The van der Waals surface area contributed by atoms with Crippen molar-refractivity contribution in [2.45, 2.75) is 25.7 Å². The Morgan fingerprint density at radius 1 is 1.42 bits per heavy atom. The quantitative estimate of drug-likeness (QED) is 0.873. The van der Waals surface area contributed by atoms with Gasteiger partial charge in [0, 0.05) is 18.0 Å². The summed E-state index contributed by atoms with van der Waals surface area (Å²) in [7, 11) is 0. The van der Waals surface area contributed by atoms with E-state index in [1.54, 1.807) is 0 Å². The van der Waals surface area contributed by atoms with Crippen LogP contribution in [-0.2, 0) is 11.2 Å². The molecule has 0 saturated heterocycles. The van der Waals surface area contributed by atoms with Crippen LogP contribution in [-0.4, -0.2) is 19.1 Å². The molecule has 1 aliphatic heterocycles. The van der Waals surface area contributed by atoms with Crippen LogP contribution in [0.4, 0.5) is 5.69 Å². The van der Waals surface area contributed by atoms with Gasteiger partial charge in [-0.25, -0.2) is 0 Å². The Kier molecular flexibility index (Phi) is 3.42.